The van der Waals surface area contributed by atoms with E-state index in [0.29, 0.717) is 25.7 Å². The number of amides is 1. The van der Waals surface area contributed by atoms with Crippen LogP contribution < -0.4 is 10.6 Å². The third-order valence-electron chi connectivity index (χ3n) is 3.44. The van der Waals surface area contributed by atoms with Crippen molar-refractivity contribution in [3.8, 4) is 0 Å². The molecule has 0 aliphatic carbocycles. The van der Waals surface area contributed by atoms with Gasteiger partial charge in [-0.25, -0.2) is 0 Å². The lowest BCUT2D eigenvalue weighted by atomic mass is 10.1. The molecule has 1 aliphatic rings. The second kappa shape index (κ2) is 8.01. The van der Waals surface area contributed by atoms with Crippen molar-refractivity contribution in [2.24, 2.45) is 7.05 Å². The molecule has 112 valence electrons. The Bertz CT molecular complexity index is 413. The molecule has 6 nitrogen and oxygen atoms in total. The van der Waals surface area contributed by atoms with E-state index in [9.17, 15) is 4.79 Å². The molecule has 2 heterocycles. The lowest BCUT2D eigenvalue weighted by molar-refractivity contribution is -0.122. The zero-order valence-corrected chi connectivity index (χ0v) is 12.1. The molecule has 0 radical (unpaired) electrons. The third-order valence-corrected chi connectivity index (χ3v) is 3.44. The molecule has 1 amide bonds. The normalized spacial score (nSPS) is 16.2. The van der Waals surface area contributed by atoms with E-state index in [1.54, 1.807) is 4.68 Å². The van der Waals surface area contributed by atoms with E-state index in [4.69, 9.17) is 4.74 Å². The monoisotopic (exact) mass is 280 g/mol. The fraction of sp³-hybridized carbons (Fsp3) is 0.714. The van der Waals surface area contributed by atoms with Crippen LogP contribution in [0.3, 0.4) is 0 Å². The number of aryl methyl sites for hydroxylation is 1. The summed E-state index contributed by atoms with van der Waals surface area (Å²) in [6, 6.07) is 1.96. The van der Waals surface area contributed by atoms with E-state index in [1.807, 2.05) is 19.3 Å². The highest BCUT2D eigenvalue weighted by Gasteiger charge is 2.13. The quantitative estimate of drug-likeness (QED) is 0.750. The van der Waals surface area contributed by atoms with Gasteiger partial charge in [-0.1, -0.05) is 0 Å². The van der Waals surface area contributed by atoms with Gasteiger partial charge in [0.05, 0.1) is 18.4 Å². The molecule has 0 bridgehead atoms. The van der Waals surface area contributed by atoms with E-state index in [0.717, 1.165) is 38.0 Å². The fourth-order valence-electron chi connectivity index (χ4n) is 2.30. The number of hydrogen-bond donors (Lipinski definition) is 2. The van der Waals surface area contributed by atoms with E-state index >= 15 is 0 Å². The van der Waals surface area contributed by atoms with Crippen molar-refractivity contribution < 1.29 is 9.53 Å². The molecular weight excluding hydrogens is 256 g/mol. The zero-order chi connectivity index (χ0) is 14.2. The smallest absolute Gasteiger partial charge is 0.222 e. The molecule has 1 aromatic rings. The summed E-state index contributed by atoms with van der Waals surface area (Å²) in [5.74, 6) is 0.0508. The summed E-state index contributed by atoms with van der Waals surface area (Å²) in [6.07, 6.45) is 5.51. The predicted molar refractivity (Wildman–Crippen MR) is 76.4 cm³/mol. The third kappa shape index (κ3) is 5.30. The number of carbonyl (C=O) groups is 1. The summed E-state index contributed by atoms with van der Waals surface area (Å²) in [5.41, 5.74) is 0.999. The Hall–Kier alpha value is -1.40. The molecule has 20 heavy (non-hydrogen) atoms. The number of nitrogens with one attached hydrogen (secondary N) is 2. The Labute approximate surface area is 119 Å². The van der Waals surface area contributed by atoms with Crippen LogP contribution in [0.2, 0.25) is 0 Å². The van der Waals surface area contributed by atoms with Gasteiger partial charge in [0.15, 0.2) is 0 Å². The minimum atomic E-state index is 0.0508. The van der Waals surface area contributed by atoms with Crippen LogP contribution in [0, 0.1) is 0 Å². The molecule has 2 rings (SSSR count). The Kier molecular flexibility index (Phi) is 6.01. The second-order valence-corrected chi connectivity index (χ2v) is 5.15. The minimum Gasteiger partial charge on any atom is -0.378 e. The number of hydrogen-bond acceptors (Lipinski definition) is 4. The van der Waals surface area contributed by atoms with Crippen LogP contribution in [0.25, 0.3) is 0 Å². The first-order chi connectivity index (χ1) is 9.74. The molecule has 2 N–H and O–H groups in total. The van der Waals surface area contributed by atoms with Crippen molar-refractivity contribution in [3.05, 3.63) is 18.0 Å². The molecule has 0 unspecified atom stereocenters. The van der Waals surface area contributed by atoms with Crippen molar-refractivity contribution in [3.63, 3.8) is 0 Å². The van der Waals surface area contributed by atoms with Crippen molar-refractivity contribution >= 4 is 5.91 Å². The first-order valence-electron chi connectivity index (χ1n) is 7.31. The van der Waals surface area contributed by atoms with Gasteiger partial charge in [-0.3, -0.25) is 9.48 Å². The van der Waals surface area contributed by atoms with Gasteiger partial charge in [0, 0.05) is 32.6 Å². The predicted octanol–water partition coefficient (Wildman–Crippen LogP) is 0.238. The van der Waals surface area contributed by atoms with Crippen molar-refractivity contribution in [2.45, 2.75) is 31.8 Å². The van der Waals surface area contributed by atoms with Crippen LogP contribution in [0.1, 0.15) is 25.0 Å². The van der Waals surface area contributed by atoms with Gasteiger partial charge >= 0.3 is 0 Å². The van der Waals surface area contributed by atoms with Crippen LogP contribution in [-0.2, 0) is 23.0 Å². The summed E-state index contributed by atoms with van der Waals surface area (Å²) in [4.78, 5) is 11.7. The summed E-state index contributed by atoms with van der Waals surface area (Å²) < 4.78 is 7.47. The van der Waals surface area contributed by atoms with Crippen LogP contribution in [0.15, 0.2) is 12.3 Å². The topological polar surface area (TPSA) is 68.2 Å². The molecule has 1 aliphatic heterocycles. The standard InChI is InChI=1S/C14H24N4O2/c1-18-10-5-12(17-18)2-9-16-14(19)6-11-20-13-3-7-15-8-4-13/h5,10,13,15H,2-4,6-9,11H2,1H3,(H,16,19). The molecule has 1 fully saturated rings. The largest absolute Gasteiger partial charge is 0.378 e. The average molecular weight is 280 g/mol. The van der Waals surface area contributed by atoms with Crippen LogP contribution in [0.4, 0.5) is 0 Å². The summed E-state index contributed by atoms with van der Waals surface area (Å²) in [5, 5.41) is 10.5. The van der Waals surface area contributed by atoms with Gasteiger partial charge in [0.2, 0.25) is 5.91 Å². The maximum atomic E-state index is 11.7. The van der Waals surface area contributed by atoms with Gasteiger partial charge in [-0.05, 0) is 32.0 Å². The summed E-state index contributed by atoms with van der Waals surface area (Å²) >= 11 is 0. The lowest BCUT2D eigenvalue weighted by Crippen LogP contribution is -2.33. The van der Waals surface area contributed by atoms with Gasteiger partial charge in [-0.15, -0.1) is 0 Å². The van der Waals surface area contributed by atoms with Crippen molar-refractivity contribution in [1.29, 1.82) is 0 Å². The highest BCUT2D eigenvalue weighted by atomic mass is 16.5. The van der Waals surface area contributed by atoms with E-state index < -0.39 is 0 Å². The molecule has 0 saturated carbocycles. The lowest BCUT2D eigenvalue weighted by Gasteiger charge is -2.22. The molecular formula is C14H24N4O2. The number of ether oxygens (including phenoxy) is 1. The summed E-state index contributed by atoms with van der Waals surface area (Å²) in [6.45, 7) is 3.17. The average Bonchev–Trinajstić information content (AvgIpc) is 2.86. The molecule has 0 atom stereocenters. The Morgan fingerprint density at radius 3 is 3.05 bits per heavy atom. The van der Waals surface area contributed by atoms with Gasteiger partial charge < -0.3 is 15.4 Å². The van der Waals surface area contributed by atoms with Gasteiger partial charge in [-0.2, -0.15) is 5.10 Å². The minimum absolute atomic E-state index is 0.0508. The van der Waals surface area contributed by atoms with Gasteiger partial charge in [0.1, 0.15) is 0 Å². The Morgan fingerprint density at radius 2 is 2.35 bits per heavy atom. The summed E-state index contributed by atoms with van der Waals surface area (Å²) in [7, 11) is 1.89. The maximum absolute atomic E-state index is 11.7. The molecule has 6 heteroatoms. The highest BCUT2D eigenvalue weighted by Crippen LogP contribution is 2.07. The molecule has 1 aromatic heterocycles. The first-order valence-corrected chi connectivity index (χ1v) is 7.31. The number of rotatable bonds is 7. The van der Waals surface area contributed by atoms with E-state index in [1.165, 1.54) is 0 Å². The molecule has 1 saturated heterocycles. The molecule has 0 spiro atoms. The second-order valence-electron chi connectivity index (χ2n) is 5.15. The zero-order valence-electron chi connectivity index (χ0n) is 12.1. The van der Waals surface area contributed by atoms with E-state index in [2.05, 4.69) is 15.7 Å². The van der Waals surface area contributed by atoms with E-state index in [-0.39, 0.29) is 5.91 Å². The molecule has 0 aromatic carbocycles. The number of aromatic nitrogens is 2. The highest BCUT2D eigenvalue weighted by molar-refractivity contribution is 5.75. The SMILES string of the molecule is Cn1ccc(CCNC(=O)CCOC2CCNCC2)n1. The Balaban J connectivity index is 1.51. The number of nitrogens with zero attached hydrogens (tertiary/aromatic N) is 2. The van der Waals surface area contributed by atoms with Crippen LogP contribution in [-0.4, -0.2) is 48.0 Å². The first kappa shape index (κ1) is 15.0. The van der Waals surface area contributed by atoms with Gasteiger partial charge in [0.25, 0.3) is 0 Å². The van der Waals surface area contributed by atoms with Crippen molar-refractivity contribution in [2.75, 3.05) is 26.2 Å². The maximum Gasteiger partial charge on any atom is 0.222 e. The Morgan fingerprint density at radius 1 is 1.55 bits per heavy atom. The fourth-order valence-corrected chi connectivity index (χ4v) is 2.30. The number of carbonyl (C=O) groups excluding carboxylic acids is 1. The van der Waals surface area contributed by atoms with Crippen molar-refractivity contribution in [1.82, 2.24) is 20.4 Å². The van der Waals surface area contributed by atoms with Crippen LogP contribution >= 0.6 is 0 Å². The van der Waals surface area contributed by atoms with Crippen LogP contribution in [0.5, 0.6) is 0 Å². The number of piperidine rings is 1.